The summed E-state index contributed by atoms with van der Waals surface area (Å²) in [6.45, 7) is 3.97. The number of nitrogens with two attached hydrogens (primary N) is 1. The number of allylic oxidation sites excluding steroid dienone is 15. The highest BCUT2D eigenvalue weighted by Gasteiger charge is 2.24. The average Bonchev–Trinajstić information content (AvgIpc) is 3.16. The molecule has 1 unspecified atom stereocenters. The molecule has 0 aromatic carbocycles. The zero-order valence-corrected chi connectivity index (χ0v) is 34.8. The van der Waals surface area contributed by atoms with Gasteiger partial charge in [0, 0.05) is 13.0 Å². The summed E-state index contributed by atoms with van der Waals surface area (Å²) in [4.78, 5) is 22.2. The van der Waals surface area contributed by atoms with Gasteiger partial charge >= 0.3 is 13.8 Å². The molecule has 0 heterocycles. The van der Waals surface area contributed by atoms with Gasteiger partial charge in [-0.1, -0.05) is 144 Å². The number of unbranched alkanes of at least 4 members (excludes halogenated alkanes) is 11. The summed E-state index contributed by atoms with van der Waals surface area (Å²) in [5.74, 6) is -0.378. The normalized spacial score (nSPS) is 14.4. The van der Waals surface area contributed by atoms with Crippen LogP contribution in [0.5, 0.6) is 0 Å². The van der Waals surface area contributed by atoms with Gasteiger partial charge in [0.25, 0.3) is 0 Å². The molecule has 0 radical (unpaired) electrons. The molecule has 308 valence electrons. The first-order valence-corrected chi connectivity index (χ1v) is 22.3. The Balaban J connectivity index is 4.26. The van der Waals surface area contributed by atoms with E-state index in [1.54, 1.807) is 6.26 Å². The Kier molecular flexibility index (Phi) is 39.3. The Bertz CT molecular complexity index is 1140. The molecule has 0 aromatic heterocycles. The fraction of sp³-hybridized carbons (Fsp3) is 0.622. The van der Waals surface area contributed by atoms with Crippen LogP contribution in [-0.4, -0.2) is 43.3 Å². The summed E-state index contributed by atoms with van der Waals surface area (Å²) >= 11 is 0. The predicted octanol–water partition coefficient (Wildman–Crippen LogP) is 12.6. The maximum atomic E-state index is 12.4. The van der Waals surface area contributed by atoms with Gasteiger partial charge in [-0.15, -0.1) is 0 Å². The number of carbonyl (C=O) groups is 1. The van der Waals surface area contributed by atoms with Gasteiger partial charge in [-0.25, -0.2) is 4.57 Å². The van der Waals surface area contributed by atoms with Crippen LogP contribution in [0.15, 0.2) is 97.4 Å². The van der Waals surface area contributed by atoms with Crippen LogP contribution in [0.25, 0.3) is 0 Å². The van der Waals surface area contributed by atoms with Gasteiger partial charge in [0.2, 0.25) is 0 Å². The second-order valence-electron chi connectivity index (χ2n) is 13.2. The smallest absolute Gasteiger partial charge is 0.472 e. The van der Waals surface area contributed by atoms with E-state index in [1.165, 1.54) is 64.2 Å². The summed E-state index contributed by atoms with van der Waals surface area (Å²) in [6, 6.07) is 0. The van der Waals surface area contributed by atoms with Crippen molar-refractivity contribution in [3.05, 3.63) is 97.4 Å². The maximum Gasteiger partial charge on any atom is 0.472 e. The first-order valence-electron chi connectivity index (χ1n) is 20.8. The van der Waals surface area contributed by atoms with Gasteiger partial charge in [-0.2, -0.15) is 0 Å². The third-order valence-corrected chi connectivity index (χ3v) is 9.07. The molecule has 0 aliphatic carbocycles. The number of rotatable bonds is 38. The summed E-state index contributed by atoms with van der Waals surface area (Å²) in [7, 11) is -4.29. The van der Waals surface area contributed by atoms with Gasteiger partial charge in [0.1, 0.15) is 6.61 Å². The average molecular weight is 774 g/mol. The molecule has 2 atom stereocenters. The minimum atomic E-state index is -4.29. The van der Waals surface area contributed by atoms with Gasteiger partial charge < -0.3 is 20.1 Å². The first kappa shape index (κ1) is 51.3. The van der Waals surface area contributed by atoms with E-state index in [4.69, 9.17) is 24.3 Å². The van der Waals surface area contributed by atoms with Crippen molar-refractivity contribution in [1.29, 1.82) is 0 Å². The largest absolute Gasteiger partial charge is 0.492 e. The molecular formula is C45H76NO7P. The quantitative estimate of drug-likeness (QED) is 0.0209. The number of hydrogen-bond acceptors (Lipinski definition) is 7. The molecule has 0 spiro atoms. The van der Waals surface area contributed by atoms with Crippen LogP contribution in [-0.2, 0) is 27.9 Å². The van der Waals surface area contributed by atoms with Crippen molar-refractivity contribution >= 4 is 13.8 Å². The van der Waals surface area contributed by atoms with E-state index >= 15 is 0 Å². The van der Waals surface area contributed by atoms with Crippen LogP contribution in [0, 0.1) is 0 Å². The monoisotopic (exact) mass is 774 g/mol. The lowest BCUT2D eigenvalue weighted by atomic mass is 10.1. The SMILES string of the molecule is CC/C=C\C/C=C\C/C=C\C/C=C\C/C=C\C/C=C\CCC(=O)OC[C@H](COP(=O)(O)OCCN)O/C=C\CCCCCCCC/C=C\CCCCCC. The van der Waals surface area contributed by atoms with Crippen molar-refractivity contribution in [1.82, 2.24) is 0 Å². The Labute approximate surface area is 330 Å². The van der Waals surface area contributed by atoms with Crippen LogP contribution >= 0.6 is 7.82 Å². The molecule has 3 N–H and O–H groups in total. The van der Waals surface area contributed by atoms with E-state index in [1.807, 2.05) is 18.2 Å². The summed E-state index contributed by atoms with van der Waals surface area (Å²) < 4.78 is 33.1. The van der Waals surface area contributed by atoms with Gasteiger partial charge in [0.05, 0.1) is 19.5 Å². The van der Waals surface area contributed by atoms with Gasteiger partial charge in [-0.3, -0.25) is 13.8 Å². The minimum absolute atomic E-state index is 0.0849. The van der Waals surface area contributed by atoms with E-state index in [0.29, 0.717) is 6.42 Å². The van der Waals surface area contributed by atoms with Crippen LogP contribution < -0.4 is 5.73 Å². The third kappa shape index (κ3) is 40.4. The van der Waals surface area contributed by atoms with Crippen molar-refractivity contribution in [2.75, 3.05) is 26.4 Å². The van der Waals surface area contributed by atoms with Crippen LogP contribution in [0.4, 0.5) is 0 Å². The highest BCUT2D eigenvalue weighted by Crippen LogP contribution is 2.43. The summed E-state index contributed by atoms with van der Waals surface area (Å²) in [5, 5.41) is 0. The van der Waals surface area contributed by atoms with Crippen LogP contribution in [0.3, 0.4) is 0 Å². The zero-order chi connectivity index (χ0) is 39.5. The summed E-state index contributed by atoms with van der Waals surface area (Å²) in [6.07, 6.45) is 55.4. The molecule has 0 saturated heterocycles. The van der Waals surface area contributed by atoms with Crippen molar-refractivity contribution in [3.8, 4) is 0 Å². The molecule has 0 aromatic rings. The minimum Gasteiger partial charge on any atom is -0.492 e. The van der Waals surface area contributed by atoms with Crippen molar-refractivity contribution in [2.45, 2.75) is 155 Å². The second-order valence-corrected chi connectivity index (χ2v) is 14.6. The van der Waals surface area contributed by atoms with E-state index in [9.17, 15) is 14.3 Å². The zero-order valence-electron chi connectivity index (χ0n) is 33.9. The number of phosphoric acid groups is 1. The first-order chi connectivity index (χ1) is 26.4. The highest BCUT2D eigenvalue weighted by atomic mass is 31.2. The fourth-order valence-corrected chi connectivity index (χ4v) is 5.76. The Hall–Kier alpha value is -2.74. The van der Waals surface area contributed by atoms with Crippen LogP contribution in [0.2, 0.25) is 0 Å². The maximum absolute atomic E-state index is 12.4. The molecule has 0 aliphatic rings. The van der Waals surface area contributed by atoms with E-state index in [2.05, 4.69) is 86.8 Å². The highest BCUT2D eigenvalue weighted by molar-refractivity contribution is 7.47. The van der Waals surface area contributed by atoms with Crippen molar-refractivity contribution in [3.63, 3.8) is 0 Å². The van der Waals surface area contributed by atoms with E-state index < -0.39 is 13.9 Å². The Morgan fingerprint density at radius 1 is 0.593 bits per heavy atom. The van der Waals surface area contributed by atoms with Crippen molar-refractivity contribution in [2.24, 2.45) is 5.73 Å². The Morgan fingerprint density at radius 2 is 1.06 bits per heavy atom. The number of esters is 1. The van der Waals surface area contributed by atoms with Crippen molar-refractivity contribution < 1.29 is 32.8 Å². The van der Waals surface area contributed by atoms with Crippen LogP contribution in [0.1, 0.15) is 149 Å². The molecule has 0 rings (SSSR count). The predicted molar refractivity (Wildman–Crippen MR) is 228 cm³/mol. The topological polar surface area (TPSA) is 117 Å². The molecule has 9 heteroatoms. The number of hydrogen-bond donors (Lipinski definition) is 2. The molecular weight excluding hydrogens is 697 g/mol. The fourth-order valence-electron chi connectivity index (χ4n) is 5.00. The number of ether oxygens (including phenoxy) is 2. The van der Waals surface area contributed by atoms with Gasteiger partial charge in [-0.05, 0) is 89.5 Å². The molecule has 0 aliphatic heterocycles. The molecule has 0 saturated carbocycles. The number of carbonyl (C=O) groups excluding carboxylic acids is 1. The standard InChI is InChI=1S/C45H76NO7P/c1-3-5-7-9-11-13-15-17-19-21-22-23-24-26-28-30-32-34-36-38-45(47)51-42-44(43-53-54(48,49)52-41-39-46)50-40-37-35-33-31-29-27-25-20-18-16-14-12-10-8-6-4-2/h5,7,11,13-14,16-17,19,22-23,26,28,32,34,37,40,44H,3-4,6,8-10,12,15,18,20-21,24-25,27,29-31,33,35-36,38-39,41-43,46H2,1-2H3,(H,48,49)/b7-5-,13-11-,16-14-,19-17-,23-22-,28-26-,34-32-,40-37-/t44-/m1/s1. The second kappa shape index (κ2) is 41.4. The molecule has 8 nitrogen and oxygen atoms in total. The van der Waals surface area contributed by atoms with Gasteiger partial charge in [0.15, 0.2) is 6.10 Å². The molecule has 0 bridgehead atoms. The lowest BCUT2D eigenvalue weighted by molar-refractivity contribution is -0.147. The summed E-state index contributed by atoms with van der Waals surface area (Å²) in [5.41, 5.74) is 5.35. The Morgan fingerprint density at radius 3 is 1.57 bits per heavy atom. The molecule has 0 fully saturated rings. The molecule has 0 amide bonds. The number of phosphoric ester groups is 1. The van der Waals surface area contributed by atoms with E-state index in [0.717, 1.165) is 57.8 Å². The third-order valence-electron chi connectivity index (χ3n) is 8.09. The lowest BCUT2D eigenvalue weighted by Crippen LogP contribution is -2.25. The van der Waals surface area contributed by atoms with E-state index in [-0.39, 0.29) is 38.8 Å². The molecule has 54 heavy (non-hydrogen) atoms. The lowest BCUT2D eigenvalue weighted by Gasteiger charge is -2.19.